The minimum atomic E-state index is -0.131. The van der Waals surface area contributed by atoms with E-state index in [2.05, 4.69) is 37.5 Å². The van der Waals surface area contributed by atoms with Gasteiger partial charge in [0.25, 0.3) is 0 Å². The van der Waals surface area contributed by atoms with Crippen LogP contribution in [0.2, 0.25) is 5.02 Å². The number of nitrogens with two attached hydrogens (primary N) is 1. The second-order valence-electron chi connectivity index (χ2n) is 5.28. The highest BCUT2D eigenvalue weighted by molar-refractivity contribution is 6.30. The maximum absolute atomic E-state index is 5.98. The zero-order chi connectivity index (χ0) is 15.4. The molecule has 2 aromatic carbocycles. The van der Waals surface area contributed by atoms with Gasteiger partial charge in [0.2, 0.25) is 0 Å². The van der Waals surface area contributed by atoms with Crippen molar-refractivity contribution in [1.29, 1.82) is 0 Å². The molecule has 0 saturated heterocycles. The van der Waals surface area contributed by atoms with Crippen molar-refractivity contribution >= 4 is 11.6 Å². The minimum absolute atomic E-state index is 0.0936. The summed E-state index contributed by atoms with van der Waals surface area (Å²) >= 11 is 5.98. The first-order chi connectivity index (χ1) is 10.0. The molecule has 2 atom stereocenters. The van der Waals surface area contributed by atoms with Gasteiger partial charge in [-0.25, -0.2) is 5.43 Å². The first-order valence-electron chi connectivity index (χ1n) is 6.96. The van der Waals surface area contributed by atoms with Crippen molar-refractivity contribution in [2.45, 2.75) is 32.9 Å². The van der Waals surface area contributed by atoms with Crippen molar-refractivity contribution in [3.05, 3.63) is 64.2 Å². The number of hydrazine groups is 1. The third-order valence-electron chi connectivity index (χ3n) is 3.54. The standard InChI is InChI=1S/C17H21ClN2O/c1-11-7-8-12(2)16(9-11)17(20-19)13(3)21-15-6-4-5-14(18)10-15/h4-10,13,17,20H,19H2,1-3H3. The summed E-state index contributed by atoms with van der Waals surface area (Å²) in [4.78, 5) is 0. The summed E-state index contributed by atoms with van der Waals surface area (Å²) in [7, 11) is 0. The highest BCUT2D eigenvalue weighted by Gasteiger charge is 2.21. The topological polar surface area (TPSA) is 47.3 Å². The van der Waals surface area contributed by atoms with Gasteiger partial charge in [0.1, 0.15) is 11.9 Å². The lowest BCUT2D eigenvalue weighted by Crippen LogP contribution is -2.38. The van der Waals surface area contributed by atoms with Gasteiger partial charge in [0.15, 0.2) is 0 Å². The molecular weight excluding hydrogens is 284 g/mol. The van der Waals surface area contributed by atoms with Crippen molar-refractivity contribution in [1.82, 2.24) is 5.43 Å². The highest BCUT2D eigenvalue weighted by atomic mass is 35.5. The Kier molecular flexibility index (Phi) is 5.23. The monoisotopic (exact) mass is 304 g/mol. The molecule has 0 spiro atoms. The summed E-state index contributed by atoms with van der Waals surface area (Å²) in [5.41, 5.74) is 6.39. The summed E-state index contributed by atoms with van der Waals surface area (Å²) in [5.74, 6) is 6.49. The molecule has 0 amide bonds. The fraction of sp³-hybridized carbons (Fsp3) is 0.294. The molecule has 0 radical (unpaired) electrons. The zero-order valence-corrected chi connectivity index (χ0v) is 13.3. The molecular formula is C17H21ClN2O. The van der Waals surface area contributed by atoms with E-state index >= 15 is 0 Å². The van der Waals surface area contributed by atoms with Crippen LogP contribution in [0, 0.1) is 13.8 Å². The maximum atomic E-state index is 5.98. The molecule has 2 rings (SSSR count). The number of rotatable bonds is 5. The number of aryl methyl sites for hydroxylation is 2. The minimum Gasteiger partial charge on any atom is -0.489 e. The SMILES string of the molecule is Cc1ccc(C)c(C(NN)C(C)Oc2cccc(Cl)c2)c1. The molecule has 0 aliphatic heterocycles. The van der Waals surface area contributed by atoms with Crippen LogP contribution in [0.5, 0.6) is 5.75 Å². The third-order valence-corrected chi connectivity index (χ3v) is 3.77. The van der Waals surface area contributed by atoms with Crippen LogP contribution in [0.3, 0.4) is 0 Å². The van der Waals surface area contributed by atoms with E-state index in [0.29, 0.717) is 5.02 Å². The highest BCUT2D eigenvalue weighted by Crippen LogP contribution is 2.26. The summed E-state index contributed by atoms with van der Waals surface area (Å²) in [6.45, 7) is 6.14. The van der Waals surface area contributed by atoms with E-state index in [4.69, 9.17) is 22.2 Å². The van der Waals surface area contributed by atoms with E-state index in [1.54, 1.807) is 6.07 Å². The zero-order valence-electron chi connectivity index (χ0n) is 12.6. The number of benzene rings is 2. The van der Waals surface area contributed by atoms with E-state index in [-0.39, 0.29) is 12.1 Å². The molecule has 0 aliphatic rings. The van der Waals surface area contributed by atoms with Crippen LogP contribution in [0.1, 0.15) is 29.7 Å². The van der Waals surface area contributed by atoms with Gasteiger partial charge in [-0.2, -0.15) is 0 Å². The second-order valence-corrected chi connectivity index (χ2v) is 5.72. The van der Waals surface area contributed by atoms with Crippen LogP contribution in [0.25, 0.3) is 0 Å². The first-order valence-corrected chi connectivity index (χ1v) is 7.34. The van der Waals surface area contributed by atoms with E-state index in [1.807, 2.05) is 25.1 Å². The van der Waals surface area contributed by atoms with Gasteiger partial charge in [-0.15, -0.1) is 0 Å². The number of nitrogens with one attached hydrogen (secondary N) is 1. The molecule has 2 aromatic rings. The number of ether oxygens (including phenoxy) is 1. The smallest absolute Gasteiger partial charge is 0.121 e. The average Bonchev–Trinajstić information content (AvgIpc) is 2.43. The Balaban J connectivity index is 2.22. The van der Waals surface area contributed by atoms with Crippen LogP contribution in [-0.4, -0.2) is 6.10 Å². The van der Waals surface area contributed by atoms with Crippen molar-refractivity contribution in [3.8, 4) is 5.75 Å². The third kappa shape index (κ3) is 3.97. The molecule has 112 valence electrons. The lowest BCUT2D eigenvalue weighted by atomic mass is 9.96. The summed E-state index contributed by atoms with van der Waals surface area (Å²) in [6, 6.07) is 13.6. The molecule has 3 N–H and O–H groups in total. The predicted octanol–water partition coefficient (Wildman–Crippen LogP) is 3.93. The average molecular weight is 305 g/mol. The van der Waals surface area contributed by atoms with Crippen molar-refractivity contribution in [2.75, 3.05) is 0 Å². The molecule has 2 unspecified atom stereocenters. The molecule has 0 fully saturated rings. The van der Waals surface area contributed by atoms with E-state index < -0.39 is 0 Å². The lowest BCUT2D eigenvalue weighted by molar-refractivity contribution is 0.170. The summed E-state index contributed by atoms with van der Waals surface area (Å²) in [5, 5.41) is 0.656. The van der Waals surface area contributed by atoms with Gasteiger partial charge >= 0.3 is 0 Å². The molecule has 0 aliphatic carbocycles. The van der Waals surface area contributed by atoms with E-state index in [1.165, 1.54) is 11.1 Å². The molecule has 21 heavy (non-hydrogen) atoms. The Morgan fingerprint density at radius 2 is 1.90 bits per heavy atom. The van der Waals surface area contributed by atoms with Gasteiger partial charge in [-0.3, -0.25) is 5.84 Å². The number of hydrogen-bond acceptors (Lipinski definition) is 3. The van der Waals surface area contributed by atoms with Crippen molar-refractivity contribution in [3.63, 3.8) is 0 Å². The summed E-state index contributed by atoms with van der Waals surface area (Å²) < 4.78 is 5.97. The Morgan fingerprint density at radius 3 is 2.57 bits per heavy atom. The normalized spacial score (nSPS) is 13.8. The predicted molar refractivity (Wildman–Crippen MR) is 87.5 cm³/mol. The maximum Gasteiger partial charge on any atom is 0.121 e. The van der Waals surface area contributed by atoms with Gasteiger partial charge < -0.3 is 4.74 Å². The largest absolute Gasteiger partial charge is 0.489 e. The van der Waals surface area contributed by atoms with Crippen LogP contribution in [0.4, 0.5) is 0 Å². The molecule has 0 saturated carbocycles. The fourth-order valence-corrected chi connectivity index (χ4v) is 2.58. The van der Waals surface area contributed by atoms with E-state index in [9.17, 15) is 0 Å². The molecule has 0 bridgehead atoms. The number of halogens is 1. The van der Waals surface area contributed by atoms with Gasteiger partial charge in [0, 0.05) is 5.02 Å². The van der Waals surface area contributed by atoms with Crippen LogP contribution in [-0.2, 0) is 0 Å². The Morgan fingerprint density at radius 1 is 1.14 bits per heavy atom. The molecule has 3 nitrogen and oxygen atoms in total. The molecule has 0 heterocycles. The molecule has 0 aromatic heterocycles. The van der Waals surface area contributed by atoms with Gasteiger partial charge in [0.05, 0.1) is 6.04 Å². The second kappa shape index (κ2) is 6.94. The van der Waals surface area contributed by atoms with Crippen LogP contribution in [0.15, 0.2) is 42.5 Å². The number of hydrogen-bond donors (Lipinski definition) is 2. The van der Waals surface area contributed by atoms with Gasteiger partial charge in [-0.1, -0.05) is 41.4 Å². The molecule has 4 heteroatoms. The van der Waals surface area contributed by atoms with Crippen LogP contribution < -0.4 is 16.0 Å². The van der Waals surface area contributed by atoms with Gasteiger partial charge in [-0.05, 0) is 50.1 Å². The Hall–Kier alpha value is -1.55. The Labute approximate surface area is 131 Å². The summed E-state index contributed by atoms with van der Waals surface area (Å²) in [6.07, 6.45) is -0.131. The van der Waals surface area contributed by atoms with Crippen LogP contribution >= 0.6 is 11.6 Å². The van der Waals surface area contributed by atoms with Crippen molar-refractivity contribution in [2.24, 2.45) is 5.84 Å². The Bertz CT molecular complexity index is 615. The van der Waals surface area contributed by atoms with E-state index in [0.717, 1.165) is 11.3 Å². The van der Waals surface area contributed by atoms with Crippen molar-refractivity contribution < 1.29 is 4.74 Å². The lowest BCUT2D eigenvalue weighted by Gasteiger charge is -2.26. The fourth-order valence-electron chi connectivity index (χ4n) is 2.40. The quantitative estimate of drug-likeness (QED) is 0.650. The first kappa shape index (κ1) is 15.8.